The van der Waals surface area contributed by atoms with Crippen LogP contribution in [0.25, 0.3) is 0 Å². The van der Waals surface area contributed by atoms with Crippen molar-refractivity contribution in [1.82, 2.24) is 5.32 Å². The lowest BCUT2D eigenvalue weighted by molar-refractivity contribution is -0.385. The van der Waals surface area contributed by atoms with E-state index in [0.29, 0.717) is 5.56 Å². The first-order valence-corrected chi connectivity index (χ1v) is 11.9. The van der Waals surface area contributed by atoms with Crippen molar-refractivity contribution in [2.24, 2.45) is 0 Å². The van der Waals surface area contributed by atoms with E-state index in [1.54, 1.807) is 30.3 Å². The first kappa shape index (κ1) is 26.8. The van der Waals surface area contributed by atoms with Crippen LogP contribution in [-0.2, 0) is 25.4 Å². The zero-order chi connectivity index (χ0) is 25.3. The van der Waals surface area contributed by atoms with Gasteiger partial charge in [-0.25, -0.2) is 9.59 Å². The molecule has 0 saturated carbocycles. The first-order chi connectivity index (χ1) is 16.1. The van der Waals surface area contributed by atoms with Gasteiger partial charge >= 0.3 is 17.7 Å². The van der Waals surface area contributed by atoms with Crippen molar-refractivity contribution in [3.63, 3.8) is 0 Å². The second kappa shape index (κ2) is 12.1. The average molecular weight is 496 g/mol. The zero-order valence-corrected chi connectivity index (χ0v) is 19.3. The van der Waals surface area contributed by atoms with Crippen LogP contribution in [0.3, 0.4) is 0 Å². The van der Waals surface area contributed by atoms with Gasteiger partial charge in [0.25, 0.3) is 0 Å². The highest BCUT2D eigenvalue weighted by Gasteiger charge is 2.34. The Bertz CT molecular complexity index is 1060. The minimum absolute atomic E-state index is 0.0615. The number of methoxy groups -OCH3 is 2. The predicted molar refractivity (Wildman–Crippen MR) is 119 cm³/mol. The smallest absolute Gasteiger partial charge is 0.408 e. The maximum atomic E-state index is 12.8. The Hall–Kier alpha value is -3.47. The molecule has 2 rings (SSSR count). The molecular weight excluding hydrogens is 471 g/mol. The number of ether oxygens (including phenoxy) is 3. The molecule has 34 heavy (non-hydrogen) atoms. The van der Waals surface area contributed by atoms with Gasteiger partial charge in [0, 0.05) is 12.2 Å². The van der Waals surface area contributed by atoms with Crippen LogP contribution >= 0.6 is 7.37 Å². The van der Waals surface area contributed by atoms with E-state index < -0.39 is 48.1 Å². The Morgan fingerprint density at radius 3 is 2.44 bits per heavy atom. The fraction of sp³-hybridized carbons (Fsp3) is 0.333. The molecule has 0 saturated heterocycles. The molecule has 12 nitrogen and oxygen atoms in total. The van der Waals surface area contributed by atoms with Crippen molar-refractivity contribution in [2.45, 2.75) is 24.9 Å². The number of nitrogens with zero attached hydrogens (tertiary/aromatic N) is 1. The molecule has 2 aromatic rings. The summed E-state index contributed by atoms with van der Waals surface area (Å²) in [6.45, 7) is -0.0615. The topological polar surface area (TPSA) is 175 Å². The van der Waals surface area contributed by atoms with Gasteiger partial charge in [0.15, 0.2) is 11.6 Å². The Kier molecular flexibility index (Phi) is 9.55. The third-order valence-corrected chi connectivity index (χ3v) is 6.77. The molecule has 3 atom stereocenters. The molecule has 0 bridgehead atoms. The van der Waals surface area contributed by atoms with Gasteiger partial charge in [0.2, 0.25) is 7.37 Å². The van der Waals surface area contributed by atoms with Gasteiger partial charge in [-0.1, -0.05) is 36.4 Å². The Labute approximate surface area is 195 Å². The largest absolute Gasteiger partial charge is 0.490 e. The fourth-order valence-electron chi connectivity index (χ4n) is 2.98. The van der Waals surface area contributed by atoms with E-state index in [4.69, 9.17) is 9.47 Å². The maximum absolute atomic E-state index is 12.8. The number of nitro benzene ring substituents is 1. The maximum Gasteiger partial charge on any atom is 0.408 e. The molecule has 0 aromatic heterocycles. The molecule has 0 spiro atoms. The van der Waals surface area contributed by atoms with E-state index >= 15 is 0 Å². The second-order valence-electron chi connectivity index (χ2n) is 7.11. The Morgan fingerprint density at radius 2 is 1.85 bits per heavy atom. The van der Waals surface area contributed by atoms with Crippen molar-refractivity contribution >= 4 is 25.1 Å². The summed E-state index contributed by atoms with van der Waals surface area (Å²) in [4.78, 5) is 45.0. The van der Waals surface area contributed by atoms with Gasteiger partial charge in [0.1, 0.15) is 12.6 Å². The number of amides is 1. The highest BCUT2D eigenvalue weighted by atomic mass is 31.2. The van der Waals surface area contributed by atoms with Gasteiger partial charge in [-0.05, 0) is 23.6 Å². The number of hydrogen-bond donors (Lipinski definition) is 3. The molecule has 3 N–H and O–H groups in total. The number of benzene rings is 2. The summed E-state index contributed by atoms with van der Waals surface area (Å²) in [6.07, 6.45) is -1.92. The minimum Gasteiger partial charge on any atom is -0.490 e. The van der Waals surface area contributed by atoms with Gasteiger partial charge in [-0.2, -0.15) is 0 Å². The number of nitrogens with one attached hydrogen (secondary N) is 1. The number of nitro groups is 1. The van der Waals surface area contributed by atoms with Crippen LogP contribution in [0, 0.1) is 10.1 Å². The van der Waals surface area contributed by atoms with Gasteiger partial charge in [-0.3, -0.25) is 14.7 Å². The SMILES string of the molecule is COC(=O)C(CCP(=O)(O)C(O)c1ccc(OC)c([N+](=O)[O-])c1)NC(=O)OCc1ccccc1. The zero-order valence-electron chi connectivity index (χ0n) is 18.4. The van der Waals surface area contributed by atoms with E-state index in [1.165, 1.54) is 19.2 Å². The molecule has 0 radical (unpaired) electrons. The van der Waals surface area contributed by atoms with E-state index in [2.05, 4.69) is 10.1 Å². The molecule has 13 heteroatoms. The van der Waals surface area contributed by atoms with Crippen LogP contribution < -0.4 is 10.1 Å². The second-order valence-corrected chi connectivity index (χ2v) is 9.56. The third kappa shape index (κ3) is 7.27. The number of aliphatic hydroxyl groups is 1. The van der Waals surface area contributed by atoms with Crippen molar-refractivity contribution in [2.75, 3.05) is 20.4 Å². The summed E-state index contributed by atoms with van der Waals surface area (Å²) < 4.78 is 27.3. The van der Waals surface area contributed by atoms with E-state index in [0.717, 1.165) is 13.2 Å². The molecule has 0 aliphatic heterocycles. The normalized spacial score (nSPS) is 14.2. The summed E-state index contributed by atoms with van der Waals surface area (Å²) in [5.74, 6) is -2.94. The summed E-state index contributed by atoms with van der Waals surface area (Å²) in [5.41, 5.74) is 0.0429. The van der Waals surface area contributed by atoms with Crippen LogP contribution in [0.5, 0.6) is 5.75 Å². The first-order valence-electron chi connectivity index (χ1n) is 9.96. The van der Waals surface area contributed by atoms with Crippen LogP contribution in [-0.4, -0.2) is 53.4 Å². The van der Waals surface area contributed by atoms with E-state index in [-0.39, 0.29) is 24.3 Å². The van der Waals surface area contributed by atoms with Crippen LogP contribution in [0.2, 0.25) is 0 Å². The number of carbonyl (C=O) groups excluding carboxylic acids is 2. The van der Waals surface area contributed by atoms with Crippen LogP contribution in [0.15, 0.2) is 48.5 Å². The number of hydrogen-bond acceptors (Lipinski definition) is 9. The summed E-state index contributed by atoms with van der Waals surface area (Å²) >= 11 is 0. The lowest BCUT2D eigenvalue weighted by Gasteiger charge is -2.21. The molecule has 3 unspecified atom stereocenters. The summed E-state index contributed by atoms with van der Waals surface area (Å²) in [7, 11) is -2.10. The highest BCUT2D eigenvalue weighted by Crippen LogP contribution is 2.55. The number of rotatable bonds is 11. The monoisotopic (exact) mass is 496 g/mol. The highest BCUT2D eigenvalue weighted by molar-refractivity contribution is 7.58. The predicted octanol–water partition coefficient (Wildman–Crippen LogP) is 2.72. The van der Waals surface area contributed by atoms with Crippen LogP contribution in [0.1, 0.15) is 23.4 Å². The molecule has 1 amide bonds. The molecular formula is C21H25N2O10P. The molecule has 2 aromatic carbocycles. The third-order valence-electron chi connectivity index (χ3n) is 4.81. The molecule has 184 valence electrons. The summed E-state index contributed by atoms with van der Waals surface area (Å²) in [5, 5.41) is 23.9. The number of esters is 1. The average Bonchev–Trinajstić information content (AvgIpc) is 2.84. The molecule has 0 aliphatic carbocycles. The van der Waals surface area contributed by atoms with Gasteiger partial charge in [-0.15, -0.1) is 0 Å². The van der Waals surface area contributed by atoms with Crippen LogP contribution in [0.4, 0.5) is 10.5 Å². The summed E-state index contributed by atoms with van der Waals surface area (Å²) in [6, 6.07) is 10.8. The number of aliphatic hydroxyl groups excluding tert-OH is 1. The quantitative estimate of drug-likeness (QED) is 0.182. The van der Waals surface area contributed by atoms with Gasteiger partial charge in [0.05, 0.1) is 19.1 Å². The Balaban J connectivity index is 2.06. The number of carbonyl (C=O) groups is 2. The van der Waals surface area contributed by atoms with Crippen molar-refractivity contribution in [3.05, 3.63) is 69.8 Å². The van der Waals surface area contributed by atoms with Crippen molar-refractivity contribution in [1.29, 1.82) is 0 Å². The lowest BCUT2D eigenvalue weighted by Crippen LogP contribution is -2.42. The van der Waals surface area contributed by atoms with Crippen molar-refractivity contribution < 1.29 is 43.3 Å². The molecule has 0 fully saturated rings. The Morgan fingerprint density at radius 1 is 1.18 bits per heavy atom. The fourth-order valence-corrected chi connectivity index (χ4v) is 4.48. The van der Waals surface area contributed by atoms with E-state index in [9.17, 15) is 34.3 Å². The number of alkyl carbamates (subject to hydrolysis) is 1. The minimum atomic E-state index is -4.40. The van der Waals surface area contributed by atoms with Crippen molar-refractivity contribution in [3.8, 4) is 5.75 Å². The standard InChI is InChI=1S/C21H25N2O10P/c1-31-18-9-8-15(12-17(18)23(27)28)20(25)34(29,30)11-10-16(19(24)32-2)22-21(26)33-13-14-6-4-3-5-7-14/h3-9,12,16,20,25H,10-11,13H2,1-2H3,(H,22,26)(H,29,30). The van der Waals surface area contributed by atoms with E-state index in [1.807, 2.05) is 0 Å². The molecule has 0 heterocycles. The van der Waals surface area contributed by atoms with Gasteiger partial charge < -0.3 is 29.5 Å². The molecule has 0 aliphatic rings. The lowest BCUT2D eigenvalue weighted by atomic mass is 10.2.